The molecule has 3 aliphatic rings. The molecule has 32 heavy (non-hydrogen) atoms. The quantitative estimate of drug-likeness (QED) is 0.409. The van der Waals surface area contributed by atoms with E-state index in [1.54, 1.807) is 7.11 Å². The summed E-state index contributed by atoms with van der Waals surface area (Å²) >= 11 is 3.68. The summed E-state index contributed by atoms with van der Waals surface area (Å²) in [6.45, 7) is 2.37. The van der Waals surface area contributed by atoms with Crippen molar-refractivity contribution in [3.8, 4) is 5.75 Å². The zero-order valence-electron chi connectivity index (χ0n) is 18.8. The van der Waals surface area contributed by atoms with Crippen LogP contribution in [-0.4, -0.2) is 44.2 Å². The van der Waals surface area contributed by atoms with Gasteiger partial charge in [0, 0.05) is 29.5 Å². The summed E-state index contributed by atoms with van der Waals surface area (Å²) in [5, 5.41) is 0. The second-order valence-corrected chi connectivity index (χ2v) is 10.00. The zero-order chi connectivity index (χ0) is 22.1. The summed E-state index contributed by atoms with van der Waals surface area (Å²) in [4.78, 5) is 5.25. The lowest BCUT2D eigenvalue weighted by Gasteiger charge is -2.56. The van der Waals surface area contributed by atoms with Crippen LogP contribution in [0.3, 0.4) is 0 Å². The molecule has 0 spiro atoms. The number of halogens is 1. The number of benzene rings is 3. The van der Waals surface area contributed by atoms with E-state index in [0.717, 1.165) is 15.9 Å². The number of fused-ring (bicyclic) bond motifs is 3. The first-order chi connectivity index (χ1) is 15.7. The van der Waals surface area contributed by atoms with Gasteiger partial charge in [0.15, 0.2) is 0 Å². The molecule has 0 aromatic heterocycles. The van der Waals surface area contributed by atoms with Gasteiger partial charge >= 0.3 is 0 Å². The van der Waals surface area contributed by atoms with E-state index in [9.17, 15) is 0 Å². The first kappa shape index (κ1) is 21.5. The molecule has 166 valence electrons. The molecule has 6 rings (SSSR count). The molecule has 3 fully saturated rings. The Balaban J connectivity index is 1.62. The Morgan fingerprint density at radius 1 is 0.906 bits per heavy atom. The molecule has 2 bridgehead atoms. The Morgan fingerprint density at radius 2 is 1.50 bits per heavy atom. The fourth-order valence-electron chi connectivity index (χ4n) is 6.01. The van der Waals surface area contributed by atoms with Crippen LogP contribution in [-0.2, 0) is 0 Å². The average Bonchev–Trinajstić information content (AvgIpc) is 2.86. The Morgan fingerprint density at radius 3 is 2.06 bits per heavy atom. The fourth-order valence-corrected chi connectivity index (χ4v) is 6.36. The predicted molar refractivity (Wildman–Crippen MR) is 136 cm³/mol. The van der Waals surface area contributed by atoms with Gasteiger partial charge in [-0.25, -0.2) is 0 Å². The lowest BCUT2D eigenvalue weighted by atomic mass is 9.70. The van der Waals surface area contributed by atoms with E-state index >= 15 is 0 Å². The minimum absolute atomic E-state index is 0.325. The van der Waals surface area contributed by atoms with Gasteiger partial charge in [-0.3, -0.25) is 4.90 Å². The fraction of sp³-hybridized carbons (Fsp3) is 0.357. The molecule has 3 aromatic rings. The SMILES string of the molecule is COc1ccc(Br)cc1N(C)[C@@H]1C2CCN(CC2)[C@@H]1C(c1ccccc1)c1ccccc1. The summed E-state index contributed by atoms with van der Waals surface area (Å²) in [7, 11) is 4.03. The molecule has 0 amide bonds. The van der Waals surface area contributed by atoms with Gasteiger partial charge in [0.25, 0.3) is 0 Å². The molecule has 4 heteroatoms. The first-order valence-corrected chi connectivity index (χ1v) is 12.4. The highest BCUT2D eigenvalue weighted by atomic mass is 79.9. The van der Waals surface area contributed by atoms with Crippen molar-refractivity contribution < 1.29 is 4.74 Å². The van der Waals surface area contributed by atoms with Crippen LogP contribution in [0.4, 0.5) is 5.69 Å². The third-order valence-electron chi connectivity index (χ3n) is 7.46. The van der Waals surface area contributed by atoms with Gasteiger partial charge in [-0.1, -0.05) is 76.6 Å². The molecular weight excluding hydrogens is 460 g/mol. The van der Waals surface area contributed by atoms with Crippen LogP contribution in [0.15, 0.2) is 83.3 Å². The van der Waals surface area contributed by atoms with E-state index in [-0.39, 0.29) is 0 Å². The Labute approximate surface area is 200 Å². The van der Waals surface area contributed by atoms with Crippen molar-refractivity contribution in [2.24, 2.45) is 5.92 Å². The second-order valence-electron chi connectivity index (χ2n) is 9.08. The van der Waals surface area contributed by atoms with Crippen LogP contribution in [0, 0.1) is 5.92 Å². The van der Waals surface area contributed by atoms with Crippen LogP contribution in [0.1, 0.15) is 29.9 Å². The summed E-state index contributed by atoms with van der Waals surface area (Å²) in [6, 6.07) is 29.3. The number of nitrogens with zero attached hydrogens (tertiary/aromatic N) is 2. The lowest BCUT2D eigenvalue weighted by molar-refractivity contribution is 0.0185. The molecule has 0 N–H and O–H groups in total. The molecule has 3 nitrogen and oxygen atoms in total. The van der Waals surface area contributed by atoms with Gasteiger partial charge in [0.05, 0.1) is 12.8 Å². The molecule has 0 radical (unpaired) electrons. The van der Waals surface area contributed by atoms with Crippen LogP contribution < -0.4 is 9.64 Å². The van der Waals surface area contributed by atoms with Gasteiger partial charge in [0.1, 0.15) is 5.75 Å². The summed E-state index contributed by atoms with van der Waals surface area (Å²) in [5.74, 6) is 1.93. The number of hydrogen-bond donors (Lipinski definition) is 0. The Bertz CT molecular complexity index is 994. The molecule has 2 atom stereocenters. The number of anilines is 1. The maximum Gasteiger partial charge on any atom is 0.142 e. The monoisotopic (exact) mass is 490 g/mol. The minimum atomic E-state index is 0.325. The van der Waals surface area contributed by atoms with Crippen molar-refractivity contribution in [2.45, 2.75) is 30.8 Å². The van der Waals surface area contributed by atoms with Gasteiger partial charge in [-0.15, -0.1) is 0 Å². The van der Waals surface area contributed by atoms with Crippen molar-refractivity contribution in [3.63, 3.8) is 0 Å². The van der Waals surface area contributed by atoms with E-state index in [0.29, 0.717) is 23.9 Å². The maximum absolute atomic E-state index is 5.78. The van der Waals surface area contributed by atoms with Crippen LogP contribution in [0.2, 0.25) is 0 Å². The van der Waals surface area contributed by atoms with Crippen molar-refractivity contribution >= 4 is 21.6 Å². The highest BCUT2D eigenvalue weighted by Crippen LogP contribution is 2.46. The lowest BCUT2D eigenvalue weighted by Crippen LogP contribution is -2.65. The highest BCUT2D eigenvalue weighted by molar-refractivity contribution is 9.10. The maximum atomic E-state index is 5.78. The molecule has 3 saturated heterocycles. The molecule has 0 aliphatic carbocycles. The second kappa shape index (κ2) is 9.29. The number of piperidine rings is 3. The average molecular weight is 491 g/mol. The first-order valence-electron chi connectivity index (χ1n) is 11.6. The number of rotatable bonds is 6. The van der Waals surface area contributed by atoms with Gasteiger partial charge < -0.3 is 9.64 Å². The standard InChI is InChI=1S/C28H31BrN2O/c1-30(24-19-23(29)13-14-25(24)32-2)27-22-15-17-31(18-16-22)28(27)26(20-9-5-3-6-10-20)21-11-7-4-8-12-21/h3-14,19,22,26-28H,15-18H2,1-2H3/t27-,28-/m1/s1. The van der Waals surface area contributed by atoms with Crippen molar-refractivity contribution in [3.05, 3.63) is 94.5 Å². The number of ether oxygens (including phenoxy) is 1. The normalized spacial score (nSPS) is 24.5. The van der Waals surface area contributed by atoms with Crippen LogP contribution >= 0.6 is 15.9 Å². The van der Waals surface area contributed by atoms with Crippen LogP contribution in [0.5, 0.6) is 5.75 Å². The molecule has 3 heterocycles. The topological polar surface area (TPSA) is 15.7 Å². The molecule has 3 aliphatic heterocycles. The summed E-state index contributed by atoms with van der Waals surface area (Å²) in [6.07, 6.45) is 2.52. The third-order valence-corrected chi connectivity index (χ3v) is 7.95. The van der Waals surface area contributed by atoms with E-state index in [4.69, 9.17) is 4.74 Å². The van der Waals surface area contributed by atoms with Crippen molar-refractivity contribution in [1.29, 1.82) is 0 Å². The minimum Gasteiger partial charge on any atom is -0.495 e. The molecular formula is C28H31BrN2O. The number of methoxy groups -OCH3 is 1. The Hall–Kier alpha value is -2.30. The van der Waals surface area contributed by atoms with E-state index in [1.807, 2.05) is 0 Å². The predicted octanol–water partition coefficient (Wildman–Crippen LogP) is 6.19. The Kier molecular flexibility index (Phi) is 6.25. The van der Waals surface area contributed by atoms with Crippen molar-refractivity contribution in [2.75, 3.05) is 32.1 Å². The summed E-state index contributed by atoms with van der Waals surface area (Å²) in [5.41, 5.74) is 3.96. The van der Waals surface area contributed by atoms with Crippen molar-refractivity contribution in [1.82, 2.24) is 4.90 Å². The van der Waals surface area contributed by atoms with Gasteiger partial charge in [-0.05, 0) is 61.2 Å². The molecule has 3 aromatic carbocycles. The van der Waals surface area contributed by atoms with Gasteiger partial charge in [-0.2, -0.15) is 0 Å². The zero-order valence-corrected chi connectivity index (χ0v) is 20.4. The highest BCUT2D eigenvalue weighted by Gasteiger charge is 2.48. The molecule has 0 saturated carbocycles. The van der Waals surface area contributed by atoms with E-state index in [2.05, 4.69) is 112 Å². The largest absolute Gasteiger partial charge is 0.495 e. The van der Waals surface area contributed by atoms with E-state index in [1.165, 1.54) is 37.1 Å². The summed E-state index contributed by atoms with van der Waals surface area (Å²) < 4.78 is 6.87. The smallest absolute Gasteiger partial charge is 0.142 e. The number of hydrogen-bond acceptors (Lipinski definition) is 3. The number of likely N-dealkylation sites (N-methyl/N-ethyl adjacent to an activating group) is 1. The van der Waals surface area contributed by atoms with Crippen LogP contribution in [0.25, 0.3) is 0 Å². The van der Waals surface area contributed by atoms with Gasteiger partial charge in [0.2, 0.25) is 0 Å². The third kappa shape index (κ3) is 3.95. The van der Waals surface area contributed by atoms with E-state index < -0.39 is 0 Å². The molecule has 0 unspecified atom stereocenters.